The molecule has 0 spiro atoms. The van der Waals surface area contributed by atoms with Crippen LogP contribution in [-0.2, 0) is 11.2 Å². The molecule has 1 fully saturated rings. The van der Waals surface area contributed by atoms with Crippen LogP contribution in [0.25, 0.3) is 0 Å². The summed E-state index contributed by atoms with van der Waals surface area (Å²) in [4.78, 5) is 0. The second-order valence-electron chi connectivity index (χ2n) is 6.23. The first-order valence-electron chi connectivity index (χ1n) is 8.06. The van der Waals surface area contributed by atoms with E-state index >= 15 is 0 Å². The van der Waals surface area contributed by atoms with Gasteiger partial charge in [-0.1, -0.05) is 44.2 Å². The Morgan fingerprint density at radius 1 is 1.10 bits per heavy atom. The molecule has 0 aromatic heterocycles. The zero-order valence-electron chi connectivity index (χ0n) is 13.3. The second kappa shape index (κ2) is 7.24. The normalized spacial score (nSPS) is 31.4. The molecular weight excluding hydrogens is 246 g/mol. The van der Waals surface area contributed by atoms with Crippen molar-refractivity contribution in [3.05, 3.63) is 35.9 Å². The number of benzene rings is 1. The van der Waals surface area contributed by atoms with Gasteiger partial charge in [0.05, 0.1) is 12.2 Å². The van der Waals surface area contributed by atoms with E-state index in [2.05, 4.69) is 63.3 Å². The fraction of sp³-hybridized carbons (Fsp3) is 0.667. The Bertz CT molecular complexity index is 392. The van der Waals surface area contributed by atoms with Gasteiger partial charge in [0.15, 0.2) is 0 Å². The largest absolute Gasteiger partial charge is 0.375 e. The highest BCUT2D eigenvalue weighted by molar-refractivity contribution is 5.16. The van der Waals surface area contributed by atoms with Crippen LogP contribution >= 0.6 is 0 Å². The molecule has 1 aromatic rings. The predicted octanol–water partition coefficient (Wildman–Crippen LogP) is 3.66. The number of rotatable bonds is 6. The Balaban J connectivity index is 2.10. The van der Waals surface area contributed by atoms with Gasteiger partial charge >= 0.3 is 0 Å². The van der Waals surface area contributed by atoms with Gasteiger partial charge < -0.3 is 10.1 Å². The van der Waals surface area contributed by atoms with Gasteiger partial charge in [0.1, 0.15) is 0 Å². The van der Waals surface area contributed by atoms with Gasteiger partial charge in [-0.05, 0) is 44.7 Å². The third kappa shape index (κ3) is 3.62. The van der Waals surface area contributed by atoms with Crippen molar-refractivity contribution in [3.8, 4) is 0 Å². The maximum absolute atomic E-state index is 6.04. The number of ether oxygens (including phenoxy) is 1. The summed E-state index contributed by atoms with van der Waals surface area (Å²) in [5, 5.41) is 3.76. The summed E-state index contributed by atoms with van der Waals surface area (Å²) in [6.07, 6.45) is 2.99. The van der Waals surface area contributed by atoms with E-state index in [1.165, 1.54) is 12.0 Å². The minimum Gasteiger partial charge on any atom is -0.375 e. The van der Waals surface area contributed by atoms with Crippen LogP contribution < -0.4 is 5.32 Å². The van der Waals surface area contributed by atoms with Gasteiger partial charge in [-0.3, -0.25) is 0 Å². The maximum atomic E-state index is 6.04. The Morgan fingerprint density at radius 3 is 2.35 bits per heavy atom. The van der Waals surface area contributed by atoms with E-state index in [0.717, 1.165) is 13.0 Å². The highest BCUT2D eigenvalue weighted by atomic mass is 16.5. The molecule has 0 bridgehead atoms. The van der Waals surface area contributed by atoms with Gasteiger partial charge in [-0.2, -0.15) is 0 Å². The van der Waals surface area contributed by atoms with E-state index < -0.39 is 0 Å². The van der Waals surface area contributed by atoms with E-state index in [0.29, 0.717) is 30.1 Å². The molecule has 0 radical (unpaired) electrons. The van der Waals surface area contributed by atoms with Gasteiger partial charge in [0, 0.05) is 12.0 Å². The number of hydrogen-bond donors (Lipinski definition) is 1. The molecule has 1 saturated heterocycles. The Labute approximate surface area is 123 Å². The highest BCUT2D eigenvalue weighted by Gasteiger charge is 2.41. The standard InChI is InChI=1S/C18H29NO/c1-5-11-19-17(12-16-9-7-6-8-10-16)18-13(2)14(3)20-15(18)4/h6-10,13-15,17-19H,5,11-12H2,1-4H3. The first kappa shape index (κ1) is 15.5. The lowest BCUT2D eigenvalue weighted by Gasteiger charge is -2.30. The lowest BCUT2D eigenvalue weighted by molar-refractivity contribution is 0.0476. The fourth-order valence-corrected chi connectivity index (χ4v) is 3.53. The molecule has 1 aliphatic heterocycles. The minimum atomic E-state index is 0.345. The molecule has 2 heteroatoms. The highest BCUT2D eigenvalue weighted by Crippen LogP contribution is 2.35. The first-order chi connectivity index (χ1) is 9.63. The van der Waals surface area contributed by atoms with Gasteiger partial charge in [0.25, 0.3) is 0 Å². The molecule has 5 unspecified atom stereocenters. The molecule has 2 rings (SSSR count). The van der Waals surface area contributed by atoms with Gasteiger partial charge in [-0.25, -0.2) is 0 Å². The molecule has 0 saturated carbocycles. The van der Waals surface area contributed by atoms with Crippen molar-refractivity contribution in [1.82, 2.24) is 5.32 Å². The van der Waals surface area contributed by atoms with E-state index in [4.69, 9.17) is 4.74 Å². The number of nitrogens with one attached hydrogen (secondary N) is 1. The summed E-state index contributed by atoms with van der Waals surface area (Å²) in [6.45, 7) is 10.1. The van der Waals surface area contributed by atoms with E-state index in [-0.39, 0.29) is 0 Å². The molecular formula is C18H29NO. The van der Waals surface area contributed by atoms with Crippen molar-refractivity contribution in [2.24, 2.45) is 11.8 Å². The van der Waals surface area contributed by atoms with Crippen molar-refractivity contribution in [2.45, 2.75) is 58.8 Å². The fourth-order valence-electron chi connectivity index (χ4n) is 3.53. The monoisotopic (exact) mass is 275 g/mol. The topological polar surface area (TPSA) is 21.3 Å². The predicted molar refractivity (Wildman–Crippen MR) is 84.9 cm³/mol. The zero-order valence-corrected chi connectivity index (χ0v) is 13.3. The smallest absolute Gasteiger partial charge is 0.0597 e. The Hall–Kier alpha value is -0.860. The molecule has 2 nitrogen and oxygen atoms in total. The molecule has 0 aliphatic carbocycles. The third-order valence-corrected chi connectivity index (χ3v) is 4.74. The molecule has 20 heavy (non-hydrogen) atoms. The van der Waals surface area contributed by atoms with Crippen molar-refractivity contribution in [1.29, 1.82) is 0 Å². The number of hydrogen-bond acceptors (Lipinski definition) is 2. The quantitative estimate of drug-likeness (QED) is 0.855. The van der Waals surface area contributed by atoms with E-state index in [1.807, 2.05) is 0 Å². The summed E-state index contributed by atoms with van der Waals surface area (Å²) < 4.78 is 6.04. The molecule has 1 heterocycles. The van der Waals surface area contributed by atoms with Crippen LogP contribution in [0.5, 0.6) is 0 Å². The average Bonchev–Trinajstić information content (AvgIpc) is 2.70. The summed E-state index contributed by atoms with van der Waals surface area (Å²) in [6, 6.07) is 11.3. The summed E-state index contributed by atoms with van der Waals surface area (Å²) in [5.41, 5.74) is 1.42. The van der Waals surface area contributed by atoms with Crippen LogP contribution in [0.15, 0.2) is 30.3 Å². The van der Waals surface area contributed by atoms with Gasteiger partial charge in [0.2, 0.25) is 0 Å². The van der Waals surface area contributed by atoms with Crippen molar-refractivity contribution >= 4 is 0 Å². The molecule has 5 atom stereocenters. The average molecular weight is 275 g/mol. The lowest BCUT2D eigenvalue weighted by Crippen LogP contribution is -2.43. The van der Waals surface area contributed by atoms with Gasteiger partial charge in [-0.15, -0.1) is 0 Å². The maximum Gasteiger partial charge on any atom is 0.0597 e. The first-order valence-corrected chi connectivity index (χ1v) is 8.06. The van der Waals surface area contributed by atoms with E-state index in [9.17, 15) is 0 Å². The summed E-state index contributed by atoms with van der Waals surface area (Å²) in [7, 11) is 0. The van der Waals surface area contributed by atoms with Crippen LogP contribution in [0.4, 0.5) is 0 Å². The van der Waals surface area contributed by atoms with Crippen molar-refractivity contribution in [3.63, 3.8) is 0 Å². The molecule has 112 valence electrons. The lowest BCUT2D eigenvalue weighted by atomic mass is 9.81. The van der Waals surface area contributed by atoms with Crippen LogP contribution in [0.3, 0.4) is 0 Å². The van der Waals surface area contributed by atoms with Crippen LogP contribution in [-0.4, -0.2) is 24.8 Å². The minimum absolute atomic E-state index is 0.345. The van der Waals surface area contributed by atoms with Crippen LogP contribution in [0, 0.1) is 11.8 Å². The van der Waals surface area contributed by atoms with Crippen molar-refractivity contribution < 1.29 is 4.74 Å². The third-order valence-electron chi connectivity index (χ3n) is 4.74. The molecule has 1 N–H and O–H groups in total. The zero-order chi connectivity index (χ0) is 14.5. The van der Waals surface area contributed by atoms with Crippen molar-refractivity contribution in [2.75, 3.05) is 6.54 Å². The molecule has 1 aromatic carbocycles. The molecule has 1 aliphatic rings. The SMILES string of the molecule is CCCNC(Cc1ccccc1)C1C(C)OC(C)C1C. The Kier molecular flexibility index (Phi) is 5.62. The second-order valence-corrected chi connectivity index (χ2v) is 6.23. The summed E-state index contributed by atoms with van der Waals surface area (Å²) >= 11 is 0. The Morgan fingerprint density at radius 2 is 1.80 bits per heavy atom. The summed E-state index contributed by atoms with van der Waals surface area (Å²) in [5.74, 6) is 1.21. The van der Waals surface area contributed by atoms with E-state index in [1.54, 1.807) is 0 Å². The van der Waals surface area contributed by atoms with Crippen LogP contribution in [0.1, 0.15) is 39.7 Å². The van der Waals surface area contributed by atoms with Crippen LogP contribution in [0.2, 0.25) is 0 Å². The molecule has 0 amide bonds.